The zero-order chi connectivity index (χ0) is 8.43. The monoisotopic (exact) mass is 157 g/mol. The van der Waals surface area contributed by atoms with Crippen LogP contribution in [0, 0.1) is 6.92 Å². The van der Waals surface area contributed by atoms with Crippen LogP contribution in [0.15, 0.2) is 6.07 Å². The third-order valence-electron chi connectivity index (χ3n) is 1.57. The lowest BCUT2D eigenvalue weighted by atomic mass is 10.2. The molecule has 0 radical (unpaired) electrons. The van der Waals surface area contributed by atoms with Crippen LogP contribution >= 0.6 is 0 Å². The average molecular weight is 157 g/mol. The number of aromatic nitrogens is 2. The molecule has 11 heavy (non-hydrogen) atoms. The second kappa shape index (κ2) is 3.00. The molecule has 1 aromatic rings. The fourth-order valence-electron chi connectivity index (χ4n) is 1.04. The van der Waals surface area contributed by atoms with Crippen molar-refractivity contribution in [1.82, 2.24) is 9.78 Å². The smallest absolute Gasteiger partial charge is 0.154 e. The summed E-state index contributed by atoms with van der Waals surface area (Å²) in [6, 6.07) is 1.71. The summed E-state index contributed by atoms with van der Waals surface area (Å²) in [5.41, 5.74) is 6.53. The number of nitrogens with zero attached hydrogens (tertiary/aromatic N) is 2. The minimum Gasteiger partial charge on any atom is -0.327 e. The van der Waals surface area contributed by atoms with Crippen LogP contribution in [0.2, 0.25) is 0 Å². The van der Waals surface area contributed by atoms with Crippen molar-refractivity contribution in [3.05, 3.63) is 17.5 Å². The van der Waals surface area contributed by atoms with Crippen molar-refractivity contribution in [3.63, 3.8) is 0 Å². The minimum atomic E-state index is -1.10. The Hall–Kier alpha value is -0.900. The third kappa shape index (κ3) is 1.57. The number of hydrogen-bond acceptors (Lipinski definition) is 2. The Bertz CT molecular complexity index is 244. The zero-order valence-corrected chi connectivity index (χ0v) is 6.71. The predicted octanol–water partition coefficient (Wildman–Crippen LogP) is 0.698. The Morgan fingerprint density at radius 3 is 2.82 bits per heavy atom. The molecule has 0 saturated heterocycles. The van der Waals surface area contributed by atoms with Crippen molar-refractivity contribution in [2.45, 2.75) is 13.1 Å². The van der Waals surface area contributed by atoms with Gasteiger partial charge in [0.25, 0.3) is 0 Å². The van der Waals surface area contributed by atoms with E-state index in [0.29, 0.717) is 5.69 Å². The molecule has 0 bridgehead atoms. The highest BCUT2D eigenvalue weighted by molar-refractivity contribution is 5.11. The highest BCUT2D eigenvalue weighted by Gasteiger charge is 2.11. The first-order valence-electron chi connectivity index (χ1n) is 3.50. The molecule has 0 saturated carbocycles. The summed E-state index contributed by atoms with van der Waals surface area (Å²) < 4.78 is 14.5. The van der Waals surface area contributed by atoms with E-state index in [1.54, 1.807) is 13.1 Å². The van der Waals surface area contributed by atoms with Crippen molar-refractivity contribution in [1.29, 1.82) is 0 Å². The molecule has 4 heteroatoms. The van der Waals surface area contributed by atoms with E-state index in [0.717, 1.165) is 5.69 Å². The van der Waals surface area contributed by atoms with Gasteiger partial charge in [-0.15, -0.1) is 0 Å². The summed E-state index contributed by atoms with van der Waals surface area (Å²) in [4.78, 5) is 0. The first kappa shape index (κ1) is 8.20. The van der Waals surface area contributed by atoms with Crippen LogP contribution in [-0.2, 0) is 7.05 Å². The summed E-state index contributed by atoms with van der Waals surface area (Å²) in [6.07, 6.45) is -1.10. The average Bonchev–Trinajstić information content (AvgIpc) is 2.28. The van der Waals surface area contributed by atoms with E-state index in [-0.39, 0.29) is 6.54 Å². The van der Waals surface area contributed by atoms with Gasteiger partial charge in [-0.3, -0.25) is 4.68 Å². The number of hydrogen-bond donors (Lipinski definition) is 1. The first-order chi connectivity index (χ1) is 5.15. The maximum absolute atomic E-state index is 13.0. The van der Waals surface area contributed by atoms with Gasteiger partial charge in [-0.1, -0.05) is 0 Å². The van der Waals surface area contributed by atoms with Crippen LogP contribution in [0.3, 0.4) is 0 Å². The Morgan fingerprint density at radius 1 is 1.82 bits per heavy atom. The van der Waals surface area contributed by atoms with Crippen LogP contribution < -0.4 is 5.73 Å². The van der Waals surface area contributed by atoms with Crippen molar-refractivity contribution in [2.24, 2.45) is 12.8 Å². The predicted molar refractivity (Wildman–Crippen MR) is 40.8 cm³/mol. The topological polar surface area (TPSA) is 43.8 Å². The second-order valence-corrected chi connectivity index (χ2v) is 2.54. The Balaban J connectivity index is 2.93. The van der Waals surface area contributed by atoms with Gasteiger partial charge in [-0.05, 0) is 13.0 Å². The van der Waals surface area contributed by atoms with Gasteiger partial charge in [0.1, 0.15) is 0 Å². The third-order valence-corrected chi connectivity index (χ3v) is 1.57. The Labute approximate surface area is 65.0 Å². The summed E-state index contributed by atoms with van der Waals surface area (Å²) in [5, 5.41) is 4.00. The van der Waals surface area contributed by atoms with E-state index >= 15 is 0 Å². The van der Waals surface area contributed by atoms with Gasteiger partial charge < -0.3 is 5.73 Å². The van der Waals surface area contributed by atoms with Gasteiger partial charge in [0.2, 0.25) is 0 Å². The molecule has 3 nitrogen and oxygen atoms in total. The molecule has 62 valence electrons. The summed E-state index contributed by atoms with van der Waals surface area (Å²) in [7, 11) is 1.71. The lowest BCUT2D eigenvalue weighted by molar-refractivity contribution is 0.334. The highest BCUT2D eigenvalue weighted by atomic mass is 19.1. The fourth-order valence-corrected chi connectivity index (χ4v) is 1.04. The molecular weight excluding hydrogens is 145 g/mol. The highest BCUT2D eigenvalue weighted by Crippen LogP contribution is 2.15. The molecule has 0 amide bonds. The molecule has 2 N–H and O–H groups in total. The Morgan fingerprint density at radius 2 is 2.45 bits per heavy atom. The minimum absolute atomic E-state index is 0.0129. The van der Waals surface area contributed by atoms with Crippen LogP contribution in [-0.4, -0.2) is 16.3 Å². The van der Waals surface area contributed by atoms with Crippen LogP contribution in [0.25, 0.3) is 0 Å². The number of nitrogens with two attached hydrogens (primary N) is 1. The molecule has 0 spiro atoms. The maximum atomic E-state index is 13.0. The standard InChI is InChI=1S/C7H12FN3/c1-5-3-7(6(8)4-9)11(2)10-5/h3,6H,4,9H2,1-2H3. The molecule has 1 aromatic heterocycles. The summed E-state index contributed by atoms with van der Waals surface area (Å²) in [6.45, 7) is 1.84. The van der Waals surface area contributed by atoms with Crippen molar-refractivity contribution in [3.8, 4) is 0 Å². The molecule has 1 unspecified atom stereocenters. The summed E-state index contributed by atoms with van der Waals surface area (Å²) >= 11 is 0. The number of rotatable bonds is 2. The Kier molecular flexibility index (Phi) is 2.24. The van der Waals surface area contributed by atoms with E-state index in [1.165, 1.54) is 4.68 Å². The van der Waals surface area contributed by atoms with Gasteiger partial charge in [0, 0.05) is 13.6 Å². The van der Waals surface area contributed by atoms with Gasteiger partial charge in [0.05, 0.1) is 11.4 Å². The van der Waals surface area contributed by atoms with Gasteiger partial charge in [0.15, 0.2) is 6.17 Å². The van der Waals surface area contributed by atoms with E-state index in [4.69, 9.17) is 5.73 Å². The first-order valence-corrected chi connectivity index (χ1v) is 3.50. The number of aryl methyl sites for hydroxylation is 2. The lowest BCUT2D eigenvalue weighted by Gasteiger charge is -2.03. The quantitative estimate of drug-likeness (QED) is 0.686. The van der Waals surface area contributed by atoms with E-state index < -0.39 is 6.17 Å². The molecule has 0 aliphatic rings. The van der Waals surface area contributed by atoms with Crippen molar-refractivity contribution >= 4 is 0 Å². The van der Waals surface area contributed by atoms with E-state index in [9.17, 15) is 4.39 Å². The molecule has 0 aliphatic heterocycles. The molecule has 1 heterocycles. The lowest BCUT2D eigenvalue weighted by Crippen LogP contribution is -2.11. The van der Waals surface area contributed by atoms with Gasteiger partial charge in [-0.25, -0.2) is 4.39 Å². The van der Waals surface area contributed by atoms with Crippen LogP contribution in [0.4, 0.5) is 4.39 Å². The molecule has 0 fully saturated rings. The normalized spacial score (nSPS) is 13.5. The molecule has 0 aliphatic carbocycles. The van der Waals surface area contributed by atoms with Gasteiger partial charge in [-0.2, -0.15) is 5.10 Å². The number of alkyl halides is 1. The fraction of sp³-hybridized carbons (Fsp3) is 0.571. The zero-order valence-electron chi connectivity index (χ0n) is 6.71. The van der Waals surface area contributed by atoms with Crippen LogP contribution in [0.5, 0.6) is 0 Å². The maximum Gasteiger partial charge on any atom is 0.154 e. The van der Waals surface area contributed by atoms with E-state index in [2.05, 4.69) is 5.10 Å². The number of halogens is 1. The molecule has 1 atom stereocenters. The summed E-state index contributed by atoms with van der Waals surface area (Å²) in [5.74, 6) is 0. The second-order valence-electron chi connectivity index (χ2n) is 2.54. The van der Waals surface area contributed by atoms with E-state index in [1.807, 2.05) is 6.92 Å². The molecule has 0 aromatic carbocycles. The molecular formula is C7H12FN3. The van der Waals surface area contributed by atoms with Gasteiger partial charge >= 0.3 is 0 Å². The largest absolute Gasteiger partial charge is 0.327 e. The van der Waals surface area contributed by atoms with Crippen LogP contribution in [0.1, 0.15) is 17.6 Å². The van der Waals surface area contributed by atoms with Crippen molar-refractivity contribution < 1.29 is 4.39 Å². The SMILES string of the molecule is Cc1cc(C(F)CN)n(C)n1. The molecule has 1 rings (SSSR count). The van der Waals surface area contributed by atoms with Crippen molar-refractivity contribution in [2.75, 3.05) is 6.54 Å².